The average Bonchev–Trinajstić information content (AvgIpc) is 2.78. The molecule has 2 aromatic rings. The van der Waals surface area contributed by atoms with E-state index in [2.05, 4.69) is 10.3 Å². The minimum absolute atomic E-state index is 0.0158. The van der Waals surface area contributed by atoms with Gasteiger partial charge in [0, 0.05) is 11.1 Å². The maximum Gasteiger partial charge on any atom is 0.337 e. The topological polar surface area (TPSA) is 62.2 Å². The van der Waals surface area contributed by atoms with Crippen LogP contribution in [0.15, 0.2) is 24.4 Å². The Bertz CT molecular complexity index is 607. The van der Waals surface area contributed by atoms with E-state index in [1.165, 1.54) is 0 Å². The molecule has 0 fully saturated rings. The molecule has 19 heavy (non-hydrogen) atoms. The van der Waals surface area contributed by atoms with Gasteiger partial charge in [-0.1, -0.05) is 12.1 Å². The van der Waals surface area contributed by atoms with Crippen molar-refractivity contribution in [3.05, 3.63) is 45.4 Å². The minimum atomic E-state index is -0.922. The van der Waals surface area contributed by atoms with Gasteiger partial charge in [-0.05, 0) is 32.4 Å². The third-order valence-corrected chi connectivity index (χ3v) is 3.97. The Labute approximate surface area is 116 Å². The number of para-hydroxylation sites is 1. The minimum Gasteiger partial charge on any atom is -0.478 e. The molecule has 1 heterocycles. The van der Waals surface area contributed by atoms with Crippen molar-refractivity contribution >= 4 is 23.0 Å². The molecule has 1 aromatic carbocycles. The lowest BCUT2D eigenvalue weighted by molar-refractivity contribution is 0.0698. The SMILES string of the molecule is Cc1cnc(C(C)Nc2c(C)cccc2C(=O)O)s1. The highest BCUT2D eigenvalue weighted by Gasteiger charge is 2.16. The van der Waals surface area contributed by atoms with Gasteiger partial charge >= 0.3 is 5.97 Å². The summed E-state index contributed by atoms with van der Waals surface area (Å²) in [6, 6.07) is 5.24. The molecule has 0 amide bonds. The normalized spacial score (nSPS) is 12.2. The summed E-state index contributed by atoms with van der Waals surface area (Å²) in [5.74, 6) is -0.922. The molecule has 100 valence electrons. The molecule has 1 atom stereocenters. The Morgan fingerprint density at radius 3 is 2.74 bits per heavy atom. The first-order valence-corrected chi connectivity index (χ1v) is 6.82. The van der Waals surface area contributed by atoms with Gasteiger partial charge in [0.1, 0.15) is 5.01 Å². The summed E-state index contributed by atoms with van der Waals surface area (Å²) in [7, 11) is 0. The van der Waals surface area contributed by atoms with Gasteiger partial charge in [-0.2, -0.15) is 0 Å². The Balaban J connectivity index is 2.30. The Hall–Kier alpha value is -1.88. The van der Waals surface area contributed by atoms with E-state index in [9.17, 15) is 9.90 Å². The van der Waals surface area contributed by atoms with Crippen LogP contribution in [0.2, 0.25) is 0 Å². The van der Waals surface area contributed by atoms with Crippen LogP contribution in [-0.4, -0.2) is 16.1 Å². The predicted molar refractivity (Wildman–Crippen MR) is 77.0 cm³/mol. The van der Waals surface area contributed by atoms with E-state index >= 15 is 0 Å². The third kappa shape index (κ3) is 2.93. The number of carboxylic acid groups (broad SMARTS) is 1. The first-order chi connectivity index (χ1) is 8.99. The zero-order valence-electron chi connectivity index (χ0n) is 11.1. The summed E-state index contributed by atoms with van der Waals surface area (Å²) in [6.07, 6.45) is 1.83. The molecule has 0 saturated heterocycles. The van der Waals surface area contributed by atoms with E-state index in [0.717, 1.165) is 15.4 Å². The van der Waals surface area contributed by atoms with E-state index < -0.39 is 5.97 Å². The number of benzene rings is 1. The van der Waals surface area contributed by atoms with Crippen molar-refractivity contribution in [2.24, 2.45) is 0 Å². The number of carboxylic acids is 1. The van der Waals surface area contributed by atoms with Crippen molar-refractivity contribution < 1.29 is 9.90 Å². The summed E-state index contributed by atoms with van der Waals surface area (Å²) < 4.78 is 0. The molecule has 4 nitrogen and oxygen atoms in total. The molecule has 5 heteroatoms. The zero-order valence-corrected chi connectivity index (χ0v) is 11.9. The van der Waals surface area contributed by atoms with E-state index in [0.29, 0.717) is 11.3 Å². The van der Waals surface area contributed by atoms with Crippen LogP contribution in [0.1, 0.15) is 38.8 Å². The number of hydrogen-bond acceptors (Lipinski definition) is 4. The van der Waals surface area contributed by atoms with Gasteiger partial charge in [-0.3, -0.25) is 0 Å². The molecule has 0 spiro atoms. The second-order valence-corrected chi connectivity index (χ2v) is 5.74. The number of aromatic nitrogens is 1. The largest absolute Gasteiger partial charge is 0.478 e. The number of rotatable bonds is 4. The number of thiazole rings is 1. The van der Waals surface area contributed by atoms with Crippen molar-refractivity contribution in [3.63, 3.8) is 0 Å². The van der Waals surface area contributed by atoms with E-state index in [1.807, 2.05) is 33.0 Å². The number of aromatic carboxylic acids is 1. The number of nitrogens with zero attached hydrogens (tertiary/aromatic N) is 1. The Morgan fingerprint density at radius 1 is 1.42 bits per heavy atom. The molecule has 2 rings (SSSR count). The maximum absolute atomic E-state index is 11.2. The molecule has 0 aliphatic rings. The van der Waals surface area contributed by atoms with E-state index in [1.54, 1.807) is 23.5 Å². The summed E-state index contributed by atoms with van der Waals surface area (Å²) in [5.41, 5.74) is 1.87. The van der Waals surface area contributed by atoms with Gasteiger partial charge in [-0.25, -0.2) is 9.78 Å². The van der Waals surface area contributed by atoms with Gasteiger partial charge < -0.3 is 10.4 Å². The highest BCUT2D eigenvalue weighted by molar-refractivity contribution is 7.11. The van der Waals surface area contributed by atoms with Crippen LogP contribution in [0, 0.1) is 13.8 Å². The molecule has 0 aliphatic heterocycles. The van der Waals surface area contributed by atoms with Gasteiger partial charge in [-0.15, -0.1) is 11.3 Å². The fourth-order valence-electron chi connectivity index (χ4n) is 1.89. The molecule has 0 radical (unpaired) electrons. The zero-order chi connectivity index (χ0) is 14.0. The van der Waals surface area contributed by atoms with E-state index in [-0.39, 0.29) is 6.04 Å². The van der Waals surface area contributed by atoms with Gasteiger partial charge in [0.15, 0.2) is 0 Å². The summed E-state index contributed by atoms with van der Waals surface area (Å²) >= 11 is 1.61. The van der Waals surface area contributed by atoms with Crippen LogP contribution in [0.5, 0.6) is 0 Å². The van der Waals surface area contributed by atoms with Gasteiger partial charge in [0.2, 0.25) is 0 Å². The summed E-state index contributed by atoms with van der Waals surface area (Å²) in [6.45, 7) is 5.88. The van der Waals surface area contributed by atoms with Crippen molar-refractivity contribution in [3.8, 4) is 0 Å². The predicted octanol–water partition coefficient (Wildman–Crippen LogP) is 3.63. The number of nitrogens with one attached hydrogen (secondary N) is 1. The van der Waals surface area contributed by atoms with Crippen molar-refractivity contribution in [1.82, 2.24) is 4.98 Å². The van der Waals surface area contributed by atoms with Crippen molar-refractivity contribution in [2.75, 3.05) is 5.32 Å². The molecule has 0 bridgehead atoms. The number of hydrogen-bond donors (Lipinski definition) is 2. The summed E-state index contributed by atoms with van der Waals surface area (Å²) in [4.78, 5) is 16.7. The molecular weight excluding hydrogens is 260 g/mol. The second-order valence-electron chi connectivity index (χ2n) is 4.48. The van der Waals surface area contributed by atoms with Crippen LogP contribution < -0.4 is 5.32 Å². The van der Waals surface area contributed by atoms with E-state index in [4.69, 9.17) is 0 Å². The van der Waals surface area contributed by atoms with Crippen LogP contribution >= 0.6 is 11.3 Å². The Morgan fingerprint density at radius 2 is 2.16 bits per heavy atom. The Kier molecular flexibility index (Phi) is 3.85. The lowest BCUT2D eigenvalue weighted by Crippen LogP contribution is -2.11. The average molecular weight is 276 g/mol. The highest BCUT2D eigenvalue weighted by Crippen LogP contribution is 2.27. The second kappa shape index (κ2) is 5.40. The highest BCUT2D eigenvalue weighted by atomic mass is 32.1. The van der Waals surface area contributed by atoms with Crippen LogP contribution in [-0.2, 0) is 0 Å². The number of anilines is 1. The molecule has 0 aliphatic carbocycles. The first-order valence-electron chi connectivity index (χ1n) is 6.01. The molecule has 1 unspecified atom stereocenters. The first kappa shape index (κ1) is 13.5. The molecule has 0 saturated carbocycles. The maximum atomic E-state index is 11.2. The standard InChI is InChI=1S/C14H16N2O2S/c1-8-5-4-6-11(14(17)18)12(8)16-10(3)13-15-7-9(2)19-13/h4-7,10,16H,1-3H3,(H,17,18). The van der Waals surface area contributed by atoms with Crippen LogP contribution in [0.4, 0.5) is 5.69 Å². The quantitative estimate of drug-likeness (QED) is 0.895. The third-order valence-electron chi connectivity index (χ3n) is 2.87. The smallest absolute Gasteiger partial charge is 0.337 e. The fraction of sp³-hybridized carbons (Fsp3) is 0.286. The lowest BCUT2D eigenvalue weighted by atomic mass is 10.1. The molecule has 2 N–H and O–H groups in total. The van der Waals surface area contributed by atoms with Crippen molar-refractivity contribution in [2.45, 2.75) is 26.8 Å². The summed E-state index contributed by atoms with van der Waals surface area (Å²) in [5, 5.41) is 13.4. The van der Waals surface area contributed by atoms with Crippen LogP contribution in [0.25, 0.3) is 0 Å². The van der Waals surface area contributed by atoms with Gasteiger partial charge in [0.25, 0.3) is 0 Å². The van der Waals surface area contributed by atoms with Crippen molar-refractivity contribution in [1.29, 1.82) is 0 Å². The number of aryl methyl sites for hydroxylation is 2. The lowest BCUT2D eigenvalue weighted by Gasteiger charge is -2.17. The monoisotopic (exact) mass is 276 g/mol. The molecule has 1 aromatic heterocycles. The number of carbonyl (C=O) groups is 1. The van der Waals surface area contributed by atoms with Gasteiger partial charge in [0.05, 0.1) is 17.3 Å². The van der Waals surface area contributed by atoms with Crippen LogP contribution in [0.3, 0.4) is 0 Å². The fourth-order valence-corrected chi connectivity index (χ4v) is 2.66. The molecular formula is C14H16N2O2S.